The summed E-state index contributed by atoms with van der Waals surface area (Å²) in [6.45, 7) is 19.9. The molecule has 19 heteroatoms. The van der Waals surface area contributed by atoms with Crippen molar-refractivity contribution < 1.29 is 67.3 Å². The largest absolute Gasteiger partial charge is 2.00 e. The van der Waals surface area contributed by atoms with Crippen molar-refractivity contribution in [3.8, 4) is 0 Å². The first-order valence-corrected chi connectivity index (χ1v) is 20.0. The molecule has 59 heavy (non-hydrogen) atoms. The minimum Gasteiger partial charge on any atom is -1.00 e. The molecule has 0 fully saturated rings. The zero-order valence-electron chi connectivity index (χ0n) is 35.6. The number of rotatable bonds is 8. The van der Waals surface area contributed by atoms with E-state index in [1.807, 2.05) is 109 Å². The molecule has 4 rings (SSSR count). The molecule has 0 heterocycles. The van der Waals surface area contributed by atoms with Gasteiger partial charge in [0.2, 0.25) is 0 Å². The summed E-state index contributed by atoms with van der Waals surface area (Å²) in [4.78, 5) is 22.5. The summed E-state index contributed by atoms with van der Waals surface area (Å²) in [5, 5.41) is 16.2. The first-order valence-electron chi connectivity index (χ1n) is 17.0. The first kappa shape index (κ1) is 66.5. The normalized spacial score (nSPS) is 11.5. The zero-order valence-corrected chi connectivity index (χ0v) is 44.6. The molecule has 0 atom stereocenters. The van der Waals surface area contributed by atoms with E-state index in [1.54, 1.807) is 83.1 Å². The van der Waals surface area contributed by atoms with Crippen LogP contribution in [0, 0.1) is 12.1 Å². The van der Waals surface area contributed by atoms with E-state index in [2.05, 4.69) is 32.6 Å². The molecule has 0 aliphatic carbocycles. The summed E-state index contributed by atoms with van der Waals surface area (Å²) in [7, 11) is -8.37. The Morgan fingerprint density at radius 2 is 0.678 bits per heavy atom. The average Bonchev–Trinajstić information content (AvgIpc) is 3.01. The van der Waals surface area contributed by atoms with Gasteiger partial charge in [-0.15, -0.1) is 10.2 Å². The molecule has 0 aromatic heterocycles. The van der Waals surface area contributed by atoms with Gasteiger partial charge in [-0.3, -0.25) is 9.13 Å². The van der Waals surface area contributed by atoms with Crippen LogP contribution in [0.25, 0.3) is 0 Å². The van der Waals surface area contributed by atoms with Crippen LogP contribution in [0.5, 0.6) is 0 Å². The average molecular weight is 1110 g/mol. The molecule has 0 spiro atoms. The summed E-state index contributed by atoms with van der Waals surface area (Å²) in [5.74, 6) is 0. The van der Waals surface area contributed by atoms with Gasteiger partial charge in [-0.1, -0.05) is 72.8 Å². The summed E-state index contributed by atoms with van der Waals surface area (Å²) in [5.41, 5.74) is 0.207. The number of azo groups is 2. The minimum atomic E-state index is -4.19. The Labute approximate surface area is 397 Å². The molecular weight excluding hydrogens is 1050 g/mol. The second-order valence-electron chi connectivity index (χ2n) is 15.3. The predicted octanol–water partition coefficient (Wildman–Crippen LogP) is 4.40. The zero-order chi connectivity index (χ0) is 41.1. The SMILES string of the molecule is CC(C)(C)OP(=O)([O-])OC(C)(C)C.CC(C)(C)OP(=O)([O-])OC(C)(C)C.O.[Cl-].[Cl-].[Sn+2].[Sn+2].[c]1ccccc1N=Nc1ccccc1.[c]1ccccc1N=Nc1ccccc1. The van der Waals surface area contributed by atoms with E-state index in [0.29, 0.717) is 0 Å². The summed E-state index contributed by atoms with van der Waals surface area (Å²) in [6.07, 6.45) is 0. The van der Waals surface area contributed by atoms with Crippen LogP contribution in [0.1, 0.15) is 83.1 Å². The molecule has 6 radical (unpaired) electrons. The van der Waals surface area contributed by atoms with Crippen molar-refractivity contribution in [2.75, 3.05) is 0 Å². The molecule has 0 unspecified atom stereocenters. The molecule has 0 aliphatic heterocycles. The van der Waals surface area contributed by atoms with Crippen molar-refractivity contribution in [2.45, 2.75) is 105 Å². The number of phosphoric acid groups is 2. The molecular formula is C40H56Cl2N4O9P2Sn2. The maximum Gasteiger partial charge on any atom is 2.00 e. The quantitative estimate of drug-likeness (QED) is 0.141. The van der Waals surface area contributed by atoms with Gasteiger partial charge in [-0.25, -0.2) is 0 Å². The molecule has 4 aromatic carbocycles. The van der Waals surface area contributed by atoms with Gasteiger partial charge < -0.3 is 58.2 Å². The van der Waals surface area contributed by atoms with Crippen molar-refractivity contribution in [3.63, 3.8) is 0 Å². The van der Waals surface area contributed by atoms with Crippen LogP contribution in [0.15, 0.2) is 130 Å². The van der Waals surface area contributed by atoms with Gasteiger partial charge in [-0.05, 0) is 119 Å². The van der Waals surface area contributed by atoms with Crippen LogP contribution in [-0.2, 0) is 27.2 Å². The van der Waals surface area contributed by atoms with Gasteiger partial charge in [0.25, 0.3) is 15.6 Å². The molecule has 322 valence electrons. The van der Waals surface area contributed by atoms with E-state index in [9.17, 15) is 18.9 Å². The molecule has 4 aromatic rings. The third-order valence-electron chi connectivity index (χ3n) is 4.99. The fourth-order valence-corrected chi connectivity index (χ4v) is 6.24. The van der Waals surface area contributed by atoms with Gasteiger partial charge >= 0.3 is 47.8 Å². The van der Waals surface area contributed by atoms with Gasteiger partial charge in [0.15, 0.2) is 0 Å². The van der Waals surface area contributed by atoms with Crippen LogP contribution >= 0.6 is 15.6 Å². The second kappa shape index (κ2) is 31.3. The van der Waals surface area contributed by atoms with E-state index < -0.39 is 38.0 Å². The van der Waals surface area contributed by atoms with Gasteiger partial charge in [0.05, 0.1) is 45.2 Å². The van der Waals surface area contributed by atoms with E-state index in [0.717, 1.165) is 22.7 Å². The number of phosphoric ester groups is 2. The Kier molecular flexibility index (Phi) is 35.3. The second-order valence-corrected chi connectivity index (χ2v) is 17.8. The van der Waals surface area contributed by atoms with E-state index >= 15 is 0 Å². The fraction of sp³-hybridized carbons (Fsp3) is 0.400. The van der Waals surface area contributed by atoms with E-state index in [-0.39, 0.29) is 78.1 Å². The Balaban J connectivity index is -0.000000214. The van der Waals surface area contributed by atoms with Crippen molar-refractivity contribution >= 4 is 86.2 Å². The van der Waals surface area contributed by atoms with E-state index in [4.69, 9.17) is 18.1 Å². The maximum atomic E-state index is 11.2. The molecule has 0 amide bonds. The molecule has 2 N–H and O–H groups in total. The minimum absolute atomic E-state index is 0. The number of benzene rings is 4. The number of hydrogen-bond acceptors (Lipinski definition) is 12. The first-order chi connectivity index (χ1) is 24.7. The van der Waals surface area contributed by atoms with Crippen LogP contribution in [0.3, 0.4) is 0 Å². The third-order valence-corrected chi connectivity index (χ3v) is 8.07. The van der Waals surface area contributed by atoms with Crippen molar-refractivity contribution in [1.29, 1.82) is 0 Å². The van der Waals surface area contributed by atoms with Crippen LogP contribution in [0.2, 0.25) is 0 Å². The smallest absolute Gasteiger partial charge is 1.00 e. The predicted molar refractivity (Wildman–Crippen MR) is 225 cm³/mol. The Bertz CT molecular complexity index is 1540. The topological polar surface area (TPSA) is 198 Å². The van der Waals surface area contributed by atoms with Gasteiger partial charge in [0.1, 0.15) is 0 Å². The number of hydrogen-bond donors (Lipinski definition) is 0. The van der Waals surface area contributed by atoms with Crippen LogP contribution in [-0.4, -0.2) is 75.7 Å². The monoisotopic (exact) mass is 1110 g/mol. The molecule has 0 saturated carbocycles. The van der Waals surface area contributed by atoms with Gasteiger partial charge in [-0.2, -0.15) is 10.2 Å². The Morgan fingerprint density at radius 1 is 0.441 bits per heavy atom. The van der Waals surface area contributed by atoms with Gasteiger partial charge in [0, 0.05) is 12.1 Å². The Hall–Kier alpha value is -1.56. The standard InChI is InChI=1S/2C12H9N2.2C8H19O4P.2ClH.H2O.2Sn/c2*1-3-7-11(8-4-1)13-14-12-9-5-2-6-10-12;2*1-7(2,3)11-13(9,10)12-8(4,5)6;;;;;/h2*1-9H;2*1-6H3,(H,9,10);2*1H;1H2;;/q;;;;;;;2*+2/p-4. The van der Waals surface area contributed by atoms with E-state index in [1.165, 1.54) is 0 Å². The van der Waals surface area contributed by atoms with Crippen molar-refractivity contribution in [3.05, 3.63) is 121 Å². The number of nitrogens with zero attached hydrogens (tertiary/aromatic N) is 4. The van der Waals surface area contributed by atoms with Crippen molar-refractivity contribution in [2.24, 2.45) is 20.5 Å². The molecule has 0 bridgehead atoms. The van der Waals surface area contributed by atoms with Crippen LogP contribution < -0.4 is 34.6 Å². The molecule has 13 nitrogen and oxygen atoms in total. The maximum absolute atomic E-state index is 11.2. The molecule has 0 saturated heterocycles. The van der Waals surface area contributed by atoms with Crippen LogP contribution in [0.4, 0.5) is 22.7 Å². The Morgan fingerprint density at radius 3 is 0.881 bits per heavy atom. The summed E-state index contributed by atoms with van der Waals surface area (Å²) >= 11 is 0. The third kappa shape index (κ3) is 40.3. The summed E-state index contributed by atoms with van der Waals surface area (Å²) < 4.78 is 41.6. The van der Waals surface area contributed by atoms with Crippen molar-refractivity contribution in [1.82, 2.24) is 0 Å². The number of halogens is 2. The summed E-state index contributed by atoms with van der Waals surface area (Å²) in [6, 6.07) is 40.2. The molecule has 0 aliphatic rings. The fourth-order valence-electron chi connectivity index (χ4n) is 3.48.